The van der Waals surface area contributed by atoms with Crippen LogP contribution in [-0.4, -0.2) is 32.2 Å². The summed E-state index contributed by atoms with van der Waals surface area (Å²) in [5, 5.41) is 3.03. The number of benzene rings is 2. The molecule has 1 N–H and O–H groups in total. The van der Waals surface area contributed by atoms with Crippen molar-refractivity contribution in [2.45, 2.75) is 45.2 Å². The van der Waals surface area contributed by atoms with E-state index in [-0.39, 0.29) is 5.91 Å². The molecule has 0 aliphatic rings. The predicted molar refractivity (Wildman–Crippen MR) is 110 cm³/mol. The average molecular weight is 389 g/mol. The average Bonchev–Trinajstić information content (AvgIpc) is 2.59. The van der Waals surface area contributed by atoms with Gasteiger partial charge in [0.15, 0.2) is 0 Å². The number of hydrogen-bond acceptors (Lipinski definition) is 3. The Balaban J connectivity index is 2.25. The van der Waals surface area contributed by atoms with E-state index in [4.69, 9.17) is 0 Å². The van der Waals surface area contributed by atoms with Crippen LogP contribution in [0.15, 0.2) is 60.7 Å². The van der Waals surface area contributed by atoms with Gasteiger partial charge in [-0.25, -0.2) is 8.42 Å². The van der Waals surface area contributed by atoms with Crippen LogP contribution in [0, 0.1) is 0 Å². The highest BCUT2D eigenvalue weighted by Crippen LogP contribution is 2.23. The van der Waals surface area contributed by atoms with Crippen LogP contribution in [0.4, 0.5) is 5.69 Å². The van der Waals surface area contributed by atoms with Gasteiger partial charge in [-0.05, 0) is 44.4 Å². The zero-order valence-corrected chi connectivity index (χ0v) is 17.2. The van der Waals surface area contributed by atoms with Crippen molar-refractivity contribution >= 4 is 21.6 Å². The molecule has 0 aliphatic carbocycles. The molecule has 0 spiro atoms. The Morgan fingerprint density at radius 3 is 2.04 bits per heavy atom. The van der Waals surface area contributed by atoms with Gasteiger partial charge in [0.1, 0.15) is 6.04 Å². The van der Waals surface area contributed by atoms with Gasteiger partial charge in [0.2, 0.25) is 15.9 Å². The molecule has 0 unspecified atom stereocenters. The second-order valence-electron chi connectivity index (χ2n) is 7.35. The van der Waals surface area contributed by atoms with Crippen molar-refractivity contribution in [1.82, 2.24) is 5.32 Å². The summed E-state index contributed by atoms with van der Waals surface area (Å²) in [7, 11) is -3.62. The molecule has 146 valence electrons. The van der Waals surface area contributed by atoms with Gasteiger partial charge in [-0.2, -0.15) is 0 Å². The molecule has 5 nitrogen and oxygen atoms in total. The first kappa shape index (κ1) is 21.0. The first-order valence-electron chi connectivity index (χ1n) is 9.04. The Morgan fingerprint density at radius 2 is 1.56 bits per heavy atom. The Morgan fingerprint density at radius 1 is 1.04 bits per heavy atom. The number of anilines is 1. The van der Waals surface area contributed by atoms with Crippen molar-refractivity contribution in [1.29, 1.82) is 0 Å². The molecule has 0 saturated heterocycles. The highest BCUT2D eigenvalue weighted by atomic mass is 32.2. The van der Waals surface area contributed by atoms with Crippen molar-refractivity contribution in [2.24, 2.45) is 0 Å². The summed E-state index contributed by atoms with van der Waals surface area (Å²) in [4.78, 5) is 13.0. The van der Waals surface area contributed by atoms with E-state index >= 15 is 0 Å². The quantitative estimate of drug-likeness (QED) is 0.754. The van der Waals surface area contributed by atoms with Crippen LogP contribution in [-0.2, 0) is 21.2 Å². The second-order valence-corrected chi connectivity index (χ2v) is 9.21. The van der Waals surface area contributed by atoms with E-state index in [9.17, 15) is 13.2 Å². The van der Waals surface area contributed by atoms with Gasteiger partial charge < -0.3 is 5.32 Å². The zero-order valence-electron chi connectivity index (χ0n) is 16.3. The number of hydrogen-bond donors (Lipinski definition) is 1. The van der Waals surface area contributed by atoms with Gasteiger partial charge >= 0.3 is 0 Å². The zero-order chi connectivity index (χ0) is 20.1. The van der Waals surface area contributed by atoms with Crippen LogP contribution in [0.1, 0.15) is 32.8 Å². The monoisotopic (exact) mass is 388 g/mol. The molecule has 0 heterocycles. The van der Waals surface area contributed by atoms with E-state index in [1.807, 2.05) is 57.2 Å². The van der Waals surface area contributed by atoms with Gasteiger partial charge in [-0.3, -0.25) is 9.10 Å². The molecule has 2 aromatic rings. The first-order valence-corrected chi connectivity index (χ1v) is 10.9. The first-order chi connectivity index (χ1) is 12.6. The lowest BCUT2D eigenvalue weighted by Gasteiger charge is -2.34. The molecule has 0 aliphatic heterocycles. The van der Waals surface area contributed by atoms with Crippen LogP contribution in [0.25, 0.3) is 0 Å². The Bertz CT molecular complexity index is 850. The van der Waals surface area contributed by atoms with Crippen molar-refractivity contribution in [3.63, 3.8) is 0 Å². The van der Waals surface area contributed by atoms with Crippen LogP contribution in [0.5, 0.6) is 0 Å². The van der Waals surface area contributed by atoms with Crippen molar-refractivity contribution in [3.8, 4) is 0 Å². The van der Waals surface area contributed by atoms with E-state index in [2.05, 4.69) is 5.32 Å². The minimum Gasteiger partial charge on any atom is -0.349 e. The standard InChI is InChI=1S/C21H28N2O3S/c1-5-19(23(27(4,25)26)18-14-10-7-11-15-18)20(24)22-21(2,3)16-17-12-8-6-9-13-17/h6-15,19H,5,16H2,1-4H3,(H,22,24)/t19-/m0/s1. The molecule has 0 aromatic heterocycles. The van der Waals surface area contributed by atoms with Crippen LogP contribution < -0.4 is 9.62 Å². The molecule has 0 bridgehead atoms. The van der Waals surface area contributed by atoms with Crippen LogP contribution >= 0.6 is 0 Å². The fraction of sp³-hybridized carbons (Fsp3) is 0.381. The van der Waals surface area contributed by atoms with E-state index < -0.39 is 21.6 Å². The molecule has 1 amide bonds. The van der Waals surface area contributed by atoms with Crippen molar-refractivity contribution < 1.29 is 13.2 Å². The van der Waals surface area contributed by atoms with Crippen LogP contribution in [0.3, 0.4) is 0 Å². The third-order valence-electron chi connectivity index (χ3n) is 4.29. The third-order valence-corrected chi connectivity index (χ3v) is 5.47. The highest BCUT2D eigenvalue weighted by molar-refractivity contribution is 7.92. The lowest BCUT2D eigenvalue weighted by molar-refractivity contribution is -0.123. The summed E-state index contributed by atoms with van der Waals surface area (Å²) in [6.07, 6.45) is 2.15. The van der Waals surface area contributed by atoms with E-state index in [0.29, 0.717) is 18.5 Å². The van der Waals surface area contributed by atoms with E-state index in [0.717, 1.165) is 11.8 Å². The molecule has 6 heteroatoms. The maximum absolute atomic E-state index is 13.0. The maximum atomic E-state index is 13.0. The summed E-state index contributed by atoms with van der Waals surface area (Å²) in [6.45, 7) is 5.70. The fourth-order valence-corrected chi connectivity index (χ4v) is 4.41. The molecule has 0 saturated carbocycles. The van der Waals surface area contributed by atoms with Crippen LogP contribution in [0.2, 0.25) is 0 Å². The number of rotatable bonds is 8. The third kappa shape index (κ3) is 5.82. The summed E-state index contributed by atoms with van der Waals surface area (Å²) in [5.41, 5.74) is 1.09. The topological polar surface area (TPSA) is 66.5 Å². The van der Waals surface area contributed by atoms with Gasteiger partial charge in [-0.15, -0.1) is 0 Å². The molecular formula is C21H28N2O3S. The summed E-state index contributed by atoms with van der Waals surface area (Å²) in [5.74, 6) is -0.298. The van der Waals surface area contributed by atoms with E-state index in [1.54, 1.807) is 24.3 Å². The SMILES string of the molecule is CC[C@@H](C(=O)NC(C)(C)Cc1ccccc1)N(c1ccccc1)S(C)(=O)=O. The Kier molecular flexibility index (Phi) is 6.65. The number of carbonyl (C=O) groups excluding carboxylic acids is 1. The van der Waals surface area contributed by atoms with Gasteiger partial charge in [-0.1, -0.05) is 55.5 Å². The number of nitrogens with one attached hydrogen (secondary N) is 1. The lowest BCUT2D eigenvalue weighted by Crippen LogP contribution is -2.55. The van der Waals surface area contributed by atoms with E-state index in [1.165, 1.54) is 4.31 Å². The molecule has 1 atom stereocenters. The Labute approximate surface area is 162 Å². The van der Waals surface area contributed by atoms with Crippen molar-refractivity contribution in [3.05, 3.63) is 66.2 Å². The fourth-order valence-electron chi connectivity index (χ4n) is 3.20. The number of amides is 1. The number of carbonyl (C=O) groups is 1. The molecule has 2 rings (SSSR count). The summed E-state index contributed by atoms with van der Waals surface area (Å²) in [6, 6.07) is 17.8. The number of nitrogens with zero attached hydrogens (tertiary/aromatic N) is 1. The minimum absolute atomic E-state index is 0.298. The molecule has 27 heavy (non-hydrogen) atoms. The molecule has 0 radical (unpaired) electrons. The largest absolute Gasteiger partial charge is 0.349 e. The summed E-state index contributed by atoms with van der Waals surface area (Å²) < 4.78 is 26.1. The molecule has 0 fully saturated rings. The van der Waals surface area contributed by atoms with Crippen molar-refractivity contribution in [2.75, 3.05) is 10.6 Å². The van der Waals surface area contributed by atoms with Gasteiger partial charge in [0.25, 0.3) is 0 Å². The minimum atomic E-state index is -3.62. The molecule has 2 aromatic carbocycles. The number of sulfonamides is 1. The van der Waals surface area contributed by atoms with Gasteiger partial charge in [0, 0.05) is 5.54 Å². The maximum Gasteiger partial charge on any atom is 0.244 e. The second kappa shape index (κ2) is 8.57. The normalized spacial score (nSPS) is 13.0. The Hall–Kier alpha value is -2.34. The summed E-state index contributed by atoms with van der Waals surface area (Å²) >= 11 is 0. The lowest BCUT2D eigenvalue weighted by atomic mass is 9.94. The number of para-hydroxylation sites is 1. The van der Waals surface area contributed by atoms with Gasteiger partial charge in [0.05, 0.1) is 11.9 Å². The molecular weight excluding hydrogens is 360 g/mol. The highest BCUT2D eigenvalue weighted by Gasteiger charge is 2.34. The smallest absolute Gasteiger partial charge is 0.244 e. The predicted octanol–water partition coefficient (Wildman–Crippen LogP) is 3.37.